The minimum absolute atomic E-state index is 0.129. The maximum Gasteiger partial charge on any atom is 0.416 e. The number of alkyl halides is 3. The monoisotopic (exact) mass is 495 g/mol. The zero-order valence-corrected chi connectivity index (χ0v) is 20.4. The molecule has 0 bridgehead atoms. The van der Waals surface area contributed by atoms with E-state index in [1.54, 1.807) is 7.11 Å². The molecule has 4 rings (SSSR count). The van der Waals surface area contributed by atoms with Gasteiger partial charge < -0.3 is 14.4 Å². The molecule has 1 aliphatic heterocycles. The van der Waals surface area contributed by atoms with Gasteiger partial charge in [0.25, 0.3) is 0 Å². The van der Waals surface area contributed by atoms with Crippen molar-refractivity contribution in [2.45, 2.75) is 43.7 Å². The second kappa shape index (κ2) is 10.9. The van der Waals surface area contributed by atoms with Crippen molar-refractivity contribution >= 4 is 11.6 Å². The van der Waals surface area contributed by atoms with Gasteiger partial charge in [-0.15, -0.1) is 0 Å². The molecule has 2 fully saturated rings. The molecular formula is C27H33ClF3NO2. The van der Waals surface area contributed by atoms with E-state index in [-0.39, 0.29) is 5.41 Å². The average molecular weight is 496 g/mol. The highest BCUT2D eigenvalue weighted by molar-refractivity contribution is 6.30. The summed E-state index contributed by atoms with van der Waals surface area (Å²) in [5, 5.41) is 0.758. The first-order valence-corrected chi connectivity index (χ1v) is 12.5. The van der Waals surface area contributed by atoms with E-state index in [4.69, 9.17) is 21.1 Å². The Hall–Kier alpha value is -1.76. The minimum Gasteiger partial charge on any atom is -0.493 e. The van der Waals surface area contributed by atoms with Crippen LogP contribution in [-0.4, -0.2) is 44.9 Å². The number of benzene rings is 2. The van der Waals surface area contributed by atoms with E-state index in [0.29, 0.717) is 30.8 Å². The third-order valence-corrected chi connectivity index (χ3v) is 7.82. The van der Waals surface area contributed by atoms with Crippen molar-refractivity contribution in [2.24, 2.45) is 11.8 Å². The molecule has 1 aliphatic carbocycles. The SMILES string of the molecule is COC[C@H](CN1CCC[C@@H](COc2ccc(C(F)(F)F)cc2)C1)C1(c2ccc(Cl)cc2)CCC1. The minimum atomic E-state index is -4.33. The fourth-order valence-electron chi connectivity index (χ4n) is 5.58. The van der Waals surface area contributed by atoms with Crippen LogP contribution in [0.1, 0.15) is 43.2 Å². The zero-order chi connectivity index (χ0) is 24.2. The normalized spacial score (nSPS) is 21.6. The number of piperidine rings is 1. The first-order valence-electron chi connectivity index (χ1n) is 12.1. The Bertz CT molecular complexity index is 913. The van der Waals surface area contributed by atoms with Crippen LogP contribution in [0.2, 0.25) is 5.02 Å². The van der Waals surface area contributed by atoms with E-state index in [0.717, 1.165) is 62.5 Å². The van der Waals surface area contributed by atoms with Crippen molar-refractivity contribution in [3.05, 3.63) is 64.7 Å². The van der Waals surface area contributed by atoms with Crippen molar-refractivity contribution in [1.29, 1.82) is 0 Å². The maximum atomic E-state index is 12.8. The van der Waals surface area contributed by atoms with Gasteiger partial charge in [0.15, 0.2) is 0 Å². The second-order valence-corrected chi connectivity index (χ2v) is 10.2. The second-order valence-electron chi connectivity index (χ2n) is 9.77. The number of halogens is 4. The lowest BCUT2D eigenvalue weighted by atomic mass is 9.57. The van der Waals surface area contributed by atoms with Crippen LogP contribution in [0.3, 0.4) is 0 Å². The van der Waals surface area contributed by atoms with Gasteiger partial charge in [0, 0.05) is 42.5 Å². The highest BCUT2D eigenvalue weighted by atomic mass is 35.5. The summed E-state index contributed by atoms with van der Waals surface area (Å²) in [7, 11) is 1.78. The Morgan fingerprint density at radius 3 is 2.35 bits per heavy atom. The molecule has 0 unspecified atom stereocenters. The molecule has 2 aliphatic rings. The molecule has 0 aromatic heterocycles. The average Bonchev–Trinajstić information content (AvgIpc) is 2.78. The topological polar surface area (TPSA) is 21.7 Å². The maximum absolute atomic E-state index is 12.8. The molecule has 3 nitrogen and oxygen atoms in total. The van der Waals surface area contributed by atoms with E-state index in [1.807, 2.05) is 12.1 Å². The lowest BCUT2D eigenvalue weighted by molar-refractivity contribution is -0.137. The Morgan fingerprint density at radius 1 is 1.06 bits per heavy atom. The summed E-state index contributed by atoms with van der Waals surface area (Å²) < 4.78 is 49.9. The summed E-state index contributed by atoms with van der Waals surface area (Å²) in [5.41, 5.74) is 0.826. The van der Waals surface area contributed by atoms with Crippen LogP contribution in [0.5, 0.6) is 5.75 Å². The van der Waals surface area contributed by atoms with Crippen LogP contribution >= 0.6 is 11.6 Å². The van der Waals surface area contributed by atoms with E-state index in [2.05, 4.69) is 17.0 Å². The Kier molecular flexibility index (Phi) is 8.11. The molecule has 0 spiro atoms. The molecule has 186 valence electrons. The summed E-state index contributed by atoms with van der Waals surface area (Å²) in [6.07, 6.45) is 1.38. The molecule has 2 aromatic rings. The van der Waals surface area contributed by atoms with Gasteiger partial charge in [0.2, 0.25) is 0 Å². The van der Waals surface area contributed by atoms with Crippen molar-refractivity contribution < 1.29 is 22.6 Å². The van der Waals surface area contributed by atoms with Crippen LogP contribution in [-0.2, 0) is 16.3 Å². The standard InChI is InChI=1S/C27H33ClF3NO2/c1-33-19-23(26(13-3-14-26)21-5-9-24(28)10-6-21)17-32-15-2-4-20(16-32)18-34-25-11-7-22(8-12-25)27(29,30)31/h5-12,20,23H,2-4,13-19H2,1H3/t20-,23+/m1/s1. The summed E-state index contributed by atoms with van der Waals surface area (Å²) in [4.78, 5) is 2.52. The van der Waals surface area contributed by atoms with Gasteiger partial charge in [0.1, 0.15) is 5.75 Å². The number of hydrogen-bond donors (Lipinski definition) is 0. The Balaban J connectivity index is 1.36. The predicted octanol–water partition coefficient (Wildman–Crippen LogP) is 6.83. The molecule has 1 heterocycles. The van der Waals surface area contributed by atoms with Gasteiger partial charge in [-0.2, -0.15) is 13.2 Å². The molecule has 0 radical (unpaired) electrons. The van der Waals surface area contributed by atoms with Gasteiger partial charge >= 0.3 is 6.18 Å². The summed E-state index contributed by atoms with van der Waals surface area (Å²) in [6.45, 7) is 4.17. The highest BCUT2D eigenvalue weighted by Crippen LogP contribution is 2.50. The molecule has 34 heavy (non-hydrogen) atoms. The summed E-state index contributed by atoms with van der Waals surface area (Å²) in [6, 6.07) is 13.3. The van der Waals surface area contributed by atoms with E-state index >= 15 is 0 Å². The van der Waals surface area contributed by atoms with Crippen LogP contribution in [0.4, 0.5) is 13.2 Å². The van der Waals surface area contributed by atoms with Crippen molar-refractivity contribution in [3.63, 3.8) is 0 Å². The Labute approximate surface area is 205 Å². The van der Waals surface area contributed by atoms with E-state index < -0.39 is 11.7 Å². The van der Waals surface area contributed by atoms with Crippen LogP contribution in [0.25, 0.3) is 0 Å². The summed E-state index contributed by atoms with van der Waals surface area (Å²) >= 11 is 6.14. The Morgan fingerprint density at radius 2 is 1.76 bits per heavy atom. The molecule has 2 atom stereocenters. The number of rotatable bonds is 9. The smallest absolute Gasteiger partial charge is 0.416 e. The molecule has 7 heteroatoms. The quantitative estimate of drug-likeness (QED) is 0.380. The molecule has 1 saturated carbocycles. The lowest BCUT2D eigenvalue weighted by Gasteiger charge is -2.50. The van der Waals surface area contributed by atoms with Crippen LogP contribution in [0, 0.1) is 11.8 Å². The van der Waals surface area contributed by atoms with E-state index in [9.17, 15) is 13.2 Å². The fourth-order valence-corrected chi connectivity index (χ4v) is 5.71. The molecular weight excluding hydrogens is 463 g/mol. The predicted molar refractivity (Wildman–Crippen MR) is 128 cm³/mol. The first kappa shape index (κ1) is 25.3. The van der Waals surface area contributed by atoms with Gasteiger partial charge in [-0.3, -0.25) is 0 Å². The molecule has 2 aromatic carbocycles. The summed E-state index contributed by atoms with van der Waals surface area (Å²) in [5.74, 6) is 1.23. The lowest BCUT2D eigenvalue weighted by Crippen LogP contribution is -2.50. The van der Waals surface area contributed by atoms with Gasteiger partial charge in [-0.05, 0) is 74.2 Å². The zero-order valence-electron chi connectivity index (χ0n) is 19.6. The van der Waals surface area contributed by atoms with Gasteiger partial charge in [-0.25, -0.2) is 0 Å². The van der Waals surface area contributed by atoms with Crippen LogP contribution in [0.15, 0.2) is 48.5 Å². The molecule has 1 saturated heterocycles. The van der Waals surface area contributed by atoms with E-state index in [1.165, 1.54) is 24.1 Å². The number of ether oxygens (including phenoxy) is 2. The number of likely N-dealkylation sites (tertiary alicyclic amines) is 1. The van der Waals surface area contributed by atoms with Gasteiger partial charge in [0.05, 0.1) is 18.8 Å². The largest absolute Gasteiger partial charge is 0.493 e. The number of hydrogen-bond acceptors (Lipinski definition) is 3. The highest BCUT2D eigenvalue weighted by Gasteiger charge is 2.46. The third-order valence-electron chi connectivity index (χ3n) is 7.56. The van der Waals surface area contributed by atoms with Crippen molar-refractivity contribution in [3.8, 4) is 5.75 Å². The van der Waals surface area contributed by atoms with Crippen molar-refractivity contribution in [1.82, 2.24) is 4.90 Å². The van der Waals surface area contributed by atoms with Gasteiger partial charge in [-0.1, -0.05) is 30.2 Å². The fraction of sp³-hybridized carbons (Fsp3) is 0.556. The van der Waals surface area contributed by atoms with Crippen molar-refractivity contribution in [2.75, 3.05) is 40.0 Å². The number of methoxy groups -OCH3 is 1. The van der Waals surface area contributed by atoms with Crippen LogP contribution < -0.4 is 4.74 Å². The molecule has 0 amide bonds. The first-order chi connectivity index (χ1) is 16.3. The third kappa shape index (κ3) is 5.89. The number of nitrogens with zero attached hydrogens (tertiary/aromatic N) is 1. The molecule has 0 N–H and O–H groups in total.